The van der Waals surface area contributed by atoms with Crippen LogP contribution in [-0.2, 0) is 21.4 Å². The number of amides is 1. The third kappa shape index (κ3) is 5.36. The highest BCUT2D eigenvalue weighted by molar-refractivity contribution is 7.98. The lowest BCUT2D eigenvalue weighted by molar-refractivity contribution is 0.0693. The molecule has 1 fully saturated rings. The van der Waals surface area contributed by atoms with E-state index in [9.17, 15) is 13.2 Å². The molecule has 1 aliphatic heterocycles. The molecular weight excluding hydrogens is 420 g/mol. The predicted molar refractivity (Wildman–Crippen MR) is 120 cm³/mol. The fourth-order valence-electron chi connectivity index (χ4n) is 3.51. The van der Waals surface area contributed by atoms with Crippen molar-refractivity contribution < 1.29 is 17.9 Å². The summed E-state index contributed by atoms with van der Waals surface area (Å²) in [5.41, 5.74) is 1.76. The second-order valence-corrected chi connectivity index (χ2v) is 10.1. The molecule has 0 bridgehead atoms. The maximum atomic E-state index is 13.1. The number of sulfonamides is 1. The molecule has 2 aromatic carbocycles. The number of hydrogen-bond acceptors (Lipinski definition) is 5. The van der Waals surface area contributed by atoms with E-state index in [2.05, 4.69) is 11.6 Å². The zero-order valence-corrected chi connectivity index (χ0v) is 19.2. The van der Waals surface area contributed by atoms with Crippen LogP contribution in [-0.4, -0.2) is 45.7 Å². The number of anilines is 1. The third-order valence-corrected chi connectivity index (χ3v) is 7.45. The largest absolute Gasteiger partial charge is 0.380 e. The van der Waals surface area contributed by atoms with Crippen LogP contribution in [0.2, 0.25) is 0 Å². The van der Waals surface area contributed by atoms with Gasteiger partial charge in [0.25, 0.3) is 15.9 Å². The van der Waals surface area contributed by atoms with Crippen LogP contribution in [0.4, 0.5) is 5.69 Å². The molecule has 0 aromatic heterocycles. The number of likely N-dealkylation sites (tertiary alicyclic amines) is 1. The van der Waals surface area contributed by atoms with E-state index in [1.54, 1.807) is 37.4 Å². The van der Waals surface area contributed by atoms with Crippen molar-refractivity contribution >= 4 is 33.4 Å². The number of ether oxygens (including phenoxy) is 1. The van der Waals surface area contributed by atoms with Crippen molar-refractivity contribution in [1.82, 2.24) is 4.90 Å². The summed E-state index contributed by atoms with van der Waals surface area (Å²) >= 11 is 1.44. The Morgan fingerprint density at radius 1 is 1.20 bits per heavy atom. The van der Waals surface area contributed by atoms with Crippen LogP contribution in [0, 0.1) is 5.92 Å². The summed E-state index contributed by atoms with van der Waals surface area (Å²) in [5.74, 6) is 0.504. The van der Waals surface area contributed by atoms with Crippen molar-refractivity contribution in [2.45, 2.75) is 36.2 Å². The minimum absolute atomic E-state index is 0.0752. The Hall–Kier alpha value is -2.03. The Balaban J connectivity index is 1.87. The van der Waals surface area contributed by atoms with E-state index in [4.69, 9.17) is 4.74 Å². The molecule has 8 heteroatoms. The molecule has 1 amide bonds. The molecule has 0 unspecified atom stereocenters. The summed E-state index contributed by atoms with van der Waals surface area (Å²) in [5, 5.41) is 0. The Kier molecular flexibility index (Phi) is 7.44. The Morgan fingerprint density at radius 2 is 1.93 bits per heavy atom. The van der Waals surface area contributed by atoms with Gasteiger partial charge in [-0.15, -0.1) is 11.8 Å². The summed E-state index contributed by atoms with van der Waals surface area (Å²) in [6.45, 7) is 3.99. The molecule has 0 aliphatic carbocycles. The van der Waals surface area contributed by atoms with Crippen molar-refractivity contribution in [3.63, 3.8) is 0 Å². The third-order valence-electron chi connectivity index (χ3n) is 5.27. The fourth-order valence-corrected chi connectivity index (χ4v) is 5.15. The molecule has 0 spiro atoms. The zero-order chi connectivity index (χ0) is 21.7. The second-order valence-electron chi connectivity index (χ2n) is 7.58. The van der Waals surface area contributed by atoms with Crippen LogP contribution < -0.4 is 4.72 Å². The van der Waals surface area contributed by atoms with Gasteiger partial charge in [0.05, 0.1) is 17.1 Å². The van der Waals surface area contributed by atoms with Crippen molar-refractivity contribution in [3.8, 4) is 0 Å². The van der Waals surface area contributed by atoms with Crippen molar-refractivity contribution in [3.05, 3.63) is 53.6 Å². The number of thioether (sulfide) groups is 1. The molecule has 3 rings (SSSR count). The standard InChI is InChI=1S/C22H28N2O4S2/c1-16-9-11-24(12-10-16)22(25)20-14-19(7-8-21(20)29-3)30(26,27)23-18-6-4-5-17(13-18)15-28-2/h4-8,13-14,16,23H,9-12,15H2,1-3H3. The molecule has 6 nitrogen and oxygen atoms in total. The maximum absolute atomic E-state index is 13.1. The maximum Gasteiger partial charge on any atom is 0.261 e. The van der Waals surface area contributed by atoms with E-state index in [1.165, 1.54) is 17.8 Å². The number of carbonyl (C=O) groups is 1. The number of nitrogens with zero attached hydrogens (tertiary/aromatic N) is 1. The normalized spacial score (nSPS) is 15.2. The van der Waals surface area contributed by atoms with E-state index in [0.29, 0.717) is 36.9 Å². The number of benzene rings is 2. The first-order chi connectivity index (χ1) is 14.3. The number of piperidine rings is 1. The minimum Gasteiger partial charge on any atom is -0.380 e. The first-order valence-electron chi connectivity index (χ1n) is 9.92. The van der Waals surface area contributed by atoms with Crippen LogP contribution in [0.5, 0.6) is 0 Å². The number of methoxy groups -OCH3 is 1. The van der Waals surface area contributed by atoms with Gasteiger partial charge in [0, 0.05) is 30.8 Å². The highest BCUT2D eigenvalue weighted by atomic mass is 32.2. The second kappa shape index (κ2) is 9.85. The highest BCUT2D eigenvalue weighted by Gasteiger charge is 2.25. The zero-order valence-electron chi connectivity index (χ0n) is 17.6. The number of carbonyl (C=O) groups excluding carboxylic acids is 1. The Morgan fingerprint density at radius 3 is 2.60 bits per heavy atom. The molecule has 1 heterocycles. The van der Waals surface area contributed by atoms with Crippen molar-refractivity contribution in [2.24, 2.45) is 5.92 Å². The Bertz CT molecular complexity index is 1000. The van der Waals surface area contributed by atoms with Crippen LogP contribution >= 0.6 is 11.8 Å². The molecule has 30 heavy (non-hydrogen) atoms. The van der Waals surface area contributed by atoms with Crippen LogP contribution in [0.1, 0.15) is 35.7 Å². The lowest BCUT2D eigenvalue weighted by atomic mass is 9.98. The van der Waals surface area contributed by atoms with Gasteiger partial charge in [0.1, 0.15) is 0 Å². The van der Waals surface area contributed by atoms with Gasteiger partial charge in [-0.3, -0.25) is 9.52 Å². The van der Waals surface area contributed by atoms with Gasteiger partial charge in [0.15, 0.2) is 0 Å². The Labute approximate surface area is 183 Å². The van der Waals surface area contributed by atoms with Gasteiger partial charge in [-0.1, -0.05) is 19.1 Å². The lowest BCUT2D eigenvalue weighted by Gasteiger charge is -2.30. The minimum atomic E-state index is -3.84. The summed E-state index contributed by atoms with van der Waals surface area (Å²) in [7, 11) is -2.25. The van der Waals surface area contributed by atoms with Crippen LogP contribution in [0.3, 0.4) is 0 Å². The van der Waals surface area contributed by atoms with Gasteiger partial charge in [-0.25, -0.2) is 8.42 Å². The molecule has 2 aromatic rings. The fraction of sp³-hybridized carbons (Fsp3) is 0.409. The first-order valence-corrected chi connectivity index (χ1v) is 12.6. The smallest absolute Gasteiger partial charge is 0.261 e. The predicted octanol–water partition coefficient (Wildman–Crippen LogP) is 4.23. The van der Waals surface area contributed by atoms with E-state index < -0.39 is 10.0 Å². The summed E-state index contributed by atoms with van der Waals surface area (Å²) in [6.07, 6.45) is 3.83. The molecule has 1 N–H and O–H groups in total. The molecule has 0 saturated carbocycles. The molecular formula is C22H28N2O4S2. The van der Waals surface area contributed by atoms with Gasteiger partial charge in [-0.2, -0.15) is 0 Å². The first kappa shape index (κ1) is 22.7. The molecule has 1 aliphatic rings. The summed E-state index contributed by atoms with van der Waals surface area (Å²) in [4.78, 5) is 15.8. The van der Waals surface area contributed by atoms with E-state index >= 15 is 0 Å². The molecule has 162 valence electrons. The van der Waals surface area contributed by atoms with Crippen molar-refractivity contribution in [2.75, 3.05) is 31.2 Å². The van der Waals surface area contributed by atoms with E-state index in [0.717, 1.165) is 23.3 Å². The molecule has 1 saturated heterocycles. The number of nitrogens with one attached hydrogen (secondary N) is 1. The highest BCUT2D eigenvalue weighted by Crippen LogP contribution is 2.28. The van der Waals surface area contributed by atoms with Crippen LogP contribution in [0.25, 0.3) is 0 Å². The summed E-state index contributed by atoms with van der Waals surface area (Å²) < 4.78 is 33.7. The lowest BCUT2D eigenvalue weighted by Crippen LogP contribution is -2.38. The SMILES string of the molecule is COCc1cccc(NS(=O)(=O)c2ccc(SC)c(C(=O)N3CCC(C)CC3)c2)c1. The van der Waals surface area contributed by atoms with Crippen molar-refractivity contribution in [1.29, 1.82) is 0 Å². The van der Waals surface area contributed by atoms with Crippen LogP contribution in [0.15, 0.2) is 52.3 Å². The monoisotopic (exact) mass is 448 g/mol. The number of hydrogen-bond donors (Lipinski definition) is 1. The average Bonchev–Trinajstić information content (AvgIpc) is 2.73. The van der Waals surface area contributed by atoms with Gasteiger partial charge in [0.2, 0.25) is 0 Å². The van der Waals surface area contributed by atoms with Gasteiger partial charge < -0.3 is 9.64 Å². The van der Waals surface area contributed by atoms with E-state index in [-0.39, 0.29) is 10.8 Å². The molecule has 0 atom stereocenters. The van der Waals surface area contributed by atoms with Gasteiger partial charge >= 0.3 is 0 Å². The topological polar surface area (TPSA) is 75.7 Å². The average molecular weight is 449 g/mol. The van der Waals surface area contributed by atoms with E-state index in [1.807, 2.05) is 17.2 Å². The quantitative estimate of drug-likeness (QED) is 0.642. The summed E-state index contributed by atoms with van der Waals surface area (Å²) in [6, 6.07) is 11.8. The number of rotatable bonds is 7. The van der Waals surface area contributed by atoms with Gasteiger partial charge in [-0.05, 0) is 60.9 Å². The molecule has 0 radical (unpaired) electrons.